The van der Waals surface area contributed by atoms with Crippen molar-refractivity contribution in [2.75, 3.05) is 31.3 Å². The number of aldehydes is 1. The summed E-state index contributed by atoms with van der Waals surface area (Å²) in [6.45, 7) is 1.29. The van der Waals surface area contributed by atoms with Crippen LogP contribution < -0.4 is 4.90 Å². The monoisotopic (exact) mass is 266 g/mol. The number of non-ortho nitro benzene ring substituents is 1. The second-order valence-electron chi connectivity index (χ2n) is 4.22. The number of nitro benzene ring substituents is 1. The van der Waals surface area contributed by atoms with Crippen LogP contribution >= 0.6 is 0 Å². The van der Waals surface area contributed by atoms with Crippen LogP contribution in [-0.4, -0.2) is 48.7 Å². The van der Waals surface area contributed by atoms with Crippen LogP contribution in [0.4, 0.5) is 11.4 Å². The smallest absolute Gasteiger partial charge is 0.270 e. The van der Waals surface area contributed by atoms with E-state index in [1.807, 2.05) is 4.90 Å². The Morgan fingerprint density at radius 2 is 2.37 bits per heavy atom. The molecule has 1 aromatic rings. The molecule has 1 heterocycles. The second kappa shape index (κ2) is 5.77. The van der Waals surface area contributed by atoms with Crippen LogP contribution in [0.2, 0.25) is 0 Å². The van der Waals surface area contributed by atoms with Gasteiger partial charge in [-0.25, -0.2) is 0 Å². The minimum absolute atomic E-state index is 0.102. The van der Waals surface area contributed by atoms with Crippen LogP contribution in [0.15, 0.2) is 18.2 Å². The molecule has 102 valence electrons. The van der Waals surface area contributed by atoms with Crippen molar-refractivity contribution in [3.8, 4) is 0 Å². The first-order valence-corrected chi connectivity index (χ1v) is 5.86. The first-order chi connectivity index (χ1) is 9.17. The third-order valence-corrected chi connectivity index (χ3v) is 3.10. The maximum Gasteiger partial charge on any atom is 0.270 e. The van der Waals surface area contributed by atoms with Gasteiger partial charge in [0.25, 0.3) is 5.69 Å². The van der Waals surface area contributed by atoms with Crippen molar-refractivity contribution >= 4 is 17.7 Å². The number of carbonyl (C=O) groups excluding carboxylic acids is 1. The maximum atomic E-state index is 11.1. The number of morpholine rings is 1. The summed E-state index contributed by atoms with van der Waals surface area (Å²) in [4.78, 5) is 23.1. The largest absolute Gasteiger partial charge is 0.394 e. The number of aliphatic hydroxyl groups excluding tert-OH is 1. The minimum atomic E-state index is -0.542. The number of benzene rings is 1. The van der Waals surface area contributed by atoms with E-state index in [2.05, 4.69) is 0 Å². The molecule has 0 radical (unpaired) electrons. The van der Waals surface area contributed by atoms with Crippen LogP contribution in [0.25, 0.3) is 0 Å². The highest BCUT2D eigenvalue weighted by Gasteiger charge is 2.25. The van der Waals surface area contributed by atoms with Gasteiger partial charge in [0.1, 0.15) is 0 Å². The standard InChI is InChI=1S/C12H14N2O5/c15-6-9-5-10(14(17)18)1-2-12(9)13-3-4-19-8-11(13)7-16/h1-2,5-6,11,16H,3-4,7-8H2. The minimum Gasteiger partial charge on any atom is -0.394 e. The van der Waals surface area contributed by atoms with E-state index >= 15 is 0 Å². The van der Waals surface area contributed by atoms with Crippen molar-refractivity contribution in [3.63, 3.8) is 0 Å². The molecule has 0 aliphatic carbocycles. The molecule has 1 saturated heterocycles. The van der Waals surface area contributed by atoms with Crippen molar-refractivity contribution in [3.05, 3.63) is 33.9 Å². The van der Waals surface area contributed by atoms with Gasteiger partial charge >= 0.3 is 0 Å². The average Bonchev–Trinajstić information content (AvgIpc) is 2.46. The Bertz CT molecular complexity index is 491. The lowest BCUT2D eigenvalue weighted by Crippen LogP contribution is -2.48. The lowest BCUT2D eigenvalue weighted by atomic mass is 10.1. The van der Waals surface area contributed by atoms with E-state index < -0.39 is 4.92 Å². The lowest BCUT2D eigenvalue weighted by molar-refractivity contribution is -0.384. The van der Waals surface area contributed by atoms with Crippen molar-refractivity contribution in [2.24, 2.45) is 0 Å². The molecule has 0 aromatic heterocycles. The fourth-order valence-corrected chi connectivity index (χ4v) is 2.13. The molecular weight excluding hydrogens is 252 g/mol. The second-order valence-corrected chi connectivity index (χ2v) is 4.22. The zero-order chi connectivity index (χ0) is 13.8. The summed E-state index contributed by atoms with van der Waals surface area (Å²) in [6, 6.07) is 3.89. The molecule has 0 amide bonds. The Balaban J connectivity index is 2.37. The quantitative estimate of drug-likeness (QED) is 0.487. The number of nitrogens with zero attached hydrogens (tertiary/aromatic N) is 2. The molecule has 7 nitrogen and oxygen atoms in total. The zero-order valence-electron chi connectivity index (χ0n) is 10.2. The number of ether oxygens (including phenoxy) is 1. The molecule has 1 N–H and O–H groups in total. The number of rotatable bonds is 4. The molecule has 1 fully saturated rings. The van der Waals surface area contributed by atoms with Gasteiger partial charge in [-0.3, -0.25) is 14.9 Å². The molecular formula is C12H14N2O5. The molecule has 1 aromatic carbocycles. The molecule has 0 spiro atoms. The summed E-state index contributed by atoms with van der Waals surface area (Å²) in [7, 11) is 0. The first-order valence-electron chi connectivity index (χ1n) is 5.86. The van der Waals surface area contributed by atoms with Gasteiger partial charge in [-0.05, 0) is 6.07 Å². The number of hydrogen-bond acceptors (Lipinski definition) is 6. The van der Waals surface area contributed by atoms with E-state index in [0.29, 0.717) is 31.7 Å². The molecule has 1 aliphatic heterocycles. The summed E-state index contributed by atoms with van der Waals surface area (Å²) in [5.74, 6) is 0. The highest BCUT2D eigenvalue weighted by atomic mass is 16.6. The van der Waals surface area contributed by atoms with Crippen LogP contribution in [0.1, 0.15) is 10.4 Å². The Hall–Kier alpha value is -1.99. The fourth-order valence-electron chi connectivity index (χ4n) is 2.13. The predicted molar refractivity (Wildman–Crippen MR) is 67.5 cm³/mol. The molecule has 2 rings (SSSR count). The topological polar surface area (TPSA) is 92.9 Å². The van der Waals surface area contributed by atoms with Gasteiger partial charge < -0.3 is 14.7 Å². The fraction of sp³-hybridized carbons (Fsp3) is 0.417. The van der Waals surface area contributed by atoms with Crippen molar-refractivity contribution in [1.29, 1.82) is 0 Å². The van der Waals surface area contributed by atoms with E-state index in [9.17, 15) is 20.0 Å². The number of nitro groups is 1. The molecule has 0 saturated carbocycles. The van der Waals surface area contributed by atoms with Gasteiger partial charge in [-0.2, -0.15) is 0 Å². The van der Waals surface area contributed by atoms with Crippen LogP contribution in [-0.2, 0) is 4.74 Å². The van der Waals surface area contributed by atoms with Crippen molar-refractivity contribution in [2.45, 2.75) is 6.04 Å². The average molecular weight is 266 g/mol. The molecule has 7 heteroatoms. The van der Waals surface area contributed by atoms with Crippen molar-refractivity contribution in [1.82, 2.24) is 0 Å². The molecule has 0 bridgehead atoms. The van der Waals surface area contributed by atoms with Gasteiger partial charge in [0.2, 0.25) is 0 Å². The maximum absolute atomic E-state index is 11.1. The zero-order valence-corrected chi connectivity index (χ0v) is 10.2. The summed E-state index contributed by atoms with van der Waals surface area (Å²) in [5, 5.41) is 20.0. The number of hydrogen-bond donors (Lipinski definition) is 1. The van der Waals surface area contributed by atoms with E-state index in [1.54, 1.807) is 0 Å². The molecule has 1 aliphatic rings. The van der Waals surface area contributed by atoms with E-state index in [0.717, 1.165) is 0 Å². The number of carbonyl (C=O) groups is 1. The van der Waals surface area contributed by atoms with Gasteiger partial charge in [0, 0.05) is 29.9 Å². The van der Waals surface area contributed by atoms with Crippen LogP contribution in [0.3, 0.4) is 0 Å². The summed E-state index contributed by atoms with van der Waals surface area (Å²) < 4.78 is 5.26. The Morgan fingerprint density at radius 3 is 3.00 bits per heavy atom. The Kier molecular flexibility index (Phi) is 4.08. The highest BCUT2D eigenvalue weighted by molar-refractivity contribution is 5.86. The SMILES string of the molecule is O=Cc1cc([N+](=O)[O-])ccc1N1CCOCC1CO. The van der Waals surface area contributed by atoms with E-state index in [-0.39, 0.29) is 23.9 Å². The van der Waals surface area contributed by atoms with Gasteiger partial charge in [0.15, 0.2) is 6.29 Å². The van der Waals surface area contributed by atoms with Gasteiger partial charge in [-0.15, -0.1) is 0 Å². The number of anilines is 1. The first kappa shape index (κ1) is 13.4. The molecule has 1 unspecified atom stereocenters. The van der Waals surface area contributed by atoms with E-state index in [4.69, 9.17) is 4.74 Å². The van der Waals surface area contributed by atoms with Crippen LogP contribution in [0.5, 0.6) is 0 Å². The number of aliphatic hydroxyl groups is 1. The third kappa shape index (κ3) is 2.72. The van der Waals surface area contributed by atoms with Gasteiger partial charge in [0.05, 0.1) is 30.8 Å². The molecule has 1 atom stereocenters. The molecule has 19 heavy (non-hydrogen) atoms. The van der Waals surface area contributed by atoms with E-state index in [1.165, 1.54) is 18.2 Å². The van der Waals surface area contributed by atoms with Crippen molar-refractivity contribution < 1.29 is 19.6 Å². The Morgan fingerprint density at radius 1 is 1.58 bits per heavy atom. The summed E-state index contributed by atoms with van der Waals surface area (Å²) >= 11 is 0. The highest BCUT2D eigenvalue weighted by Crippen LogP contribution is 2.27. The summed E-state index contributed by atoms with van der Waals surface area (Å²) in [6.07, 6.45) is 0.590. The van der Waals surface area contributed by atoms with Crippen LogP contribution in [0, 0.1) is 10.1 Å². The summed E-state index contributed by atoms with van der Waals surface area (Å²) in [5.41, 5.74) is 0.706. The Labute approximate surface area is 109 Å². The predicted octanol–water partition coefficient (Wildman–Crippen LogP) is 0.605. The van der Waals surface area contributed by atoms with Gasteiger partial charge in [-0.1, -0.05) is 0 Å². The third-order valence-electron chi connectivity index (χ3n) is 3.10. The lowest BCUT2D eigenvalue weighted by Gasteiger charge is -2.36. The normalized spacial score (nSPS) is 19.2.